The summed E-state index contributed by atoms with van der Waals surface area (Å²) in [4.78, 5) is 4.17. The number of aromatic amines is 1. The lowest BCUT2D eigenvalue weighted by molar-refractivity contribution is 0.458. The Morgan fingerprint density at radius 2 is 2.20 bits per heavy atom. The lowest BCUT2D eigenvalue weighted by atomic mass is 10.2. The van der Waals surface area contributed by atoms with E-state index in [2.05, 4.69) is 24.0 Å². The third kappa shape index (κ3) is 2.48. The number of hydrogen-bond acceptors (Lipinski definition) is 2. The maximum Gasteiger partial charge on any atom is 0.189 e. The molecule has 0 aliphatic carbocycles. The summed E-state index contributed by atoms with van der Waals surface area (Å²) < 4.78 is 0. The smallest absolute Gasteiger partial charge is 0.189 e. The Kier molecular flexibility index (Phi) is 3.21. The summed E-state index contributed by atoms with van der Waals surface area (Å²) >= 11 is 1.87. The second-order valence-corrected chi connectivity index (χ2v) is 4.77. The second-order valence-electron chi connectivity index (χ2n) is 3.61. The van der Waals surface area contributed by atoms with Gasteiger partial charge in [-0.3, -0.25) is 0 Å². The third-order valence-electron chi connectivity index (χ3n) is 2.34. The first kappa shape index (κ1) is 10.4. The van der Waals surface area contributed by atoms with E-state index < -0.39 is 0 Å². The maximum atomic E-state index is 9.30. The van der Waals surface area contributed by atoms with Crippen molar-refractivity contribution >= 4 is 22.7 Å². The van der Waals surface area contributed by atoms with Gasteiger partial charge in [0.05, 0.1) is 0 Å². The Bertz CT molecular complexity index is 450. The van der Waals surface area contributed by atoms with E-state index in [4.69, 9.17) is 0 Å². The van der Waals surface area contributed by atoms with Crippen LogP contribution in [0.3, 0.4) is 0 Å². The fraction of sp³-hybridized carbons (Fsp3) is 0.333. The van der Waals surface area contributed by atoms with Crippen LogP contribution in [0.4, 0.5) is 0 Å². The SMILES string of the molecule is CCCCSc1ccc2[nH]c(O)cc2c1. The van der Waals surface area contributed by atoms with Crippen molar-refractivity contribution in [1.82, 2.24) is 4.98 Å². The Morgan fingerprint density at radius 1 is 1.33 bits per heavy atom. The van der Waals surface area contributed by atoms with Crippen LogP contribution in [0.2, 0.25) is 0 Å². The Morgan fingerprint density at radius 3 is 3.00 bits per heavy atom. The second kappa shape index (κ2) is 4.62. The number of nitrogens with one attached hydrogen (secondary N) is 1. The van der Waals surface area contributed by atoms with Crippen molar-refractivity contribution in [2.75, 3.05) is 5.75 Å². The van der Waals surface area contributed by atoms with E-state index >= 15 is 0 Å². The molecule has 0 spiro atoms. The van der Waals surface area contributed by atoms with Crippen LogP contribution in [0.15, 0.2) is 29.2 Å². The predicted octanol–water partition coefficient (Wildman–Crippen LogP) is 3.77. The van der Waals surface area contributed by atoms with E-state index in [1.54, 1.807) is 6.07 Å². The van der Waals surface area contributed by atoms with Gasteiger partial charge < -0.3 is 10.1 Å². The first-order chi connectivity index (χ1) is 7.29. The molecular weight excluding hydrogens is 206 g/mol. The zero-order valence-electron chi connectivity index (χ0n) is 8.79. The molecule has 2 N–H and O–H groups in total. The van der Waals surface area contributed by atoms with Crippen molar-refractivity contribution in [2.45, 2.75) is 24.7 Å². The summed E-state index contributed by atoms with van der Waals surface area (Å²) in [6.07, 6.45) is 2.49. The van der Waals surface area contributed by atoms with Crippen LogP contribution < -0.4 is 0 Å². The highest BCUT2D eigenvalue weighted by Crippen LogP contribution is 2.26. The van der Waals surface area contributed by atoms with E-state index in [0.717, 1.165) is 10.9 Å². The van der Waals surface area contributed by atoms with Crippen LogP contribution >= 0.6 is 11.8 Å². The molecule has 1 heterocycles. The zero-order valence-corrected chi connectivity index (χ0v) is 9.60. The standard InChI is InChI=1S/C12H15NOS/c1-2-3-6-15-10-4-5-11-9(7-10)8-12(14)13-11/h4-5,7-8,13-14H,2-3,6H2,1H3. The van der Waals surface area contributed by atoms with Crippen LogP contribution in [-0.4, -0.2) is 15.8 Å². The molecular formula is C12H15NOS. The molecule has 0 aliphatic heterocycles. The number of H-pyrrole nitrogens is 1. The molecule has 0 amide bonds. The molecule has 0 fully saturated rings. The van der Waals surface area contributed by atoms with Gasteiger partial charge in [0, 0.05) is 21.9 Å². The van der Waals surface area contributed by atoms with E-state index in [-0.39, 0.29) is 5.88 Å². The van der Waals surface area contributed by atoms with Gasteiger partial charge in [0.15, 0.2) is 5.88 Å². The van der Waals surface area contributed by atoms with Crippen molar-refractivity contribution < 1.29 is 5.11 Å². The van der Waals surface area contributed by atoms with Gasteiger partial charge >= 0.3 is 0 Å². The van der Waals surface area contributed by atoms with Crippen molar-refractivity contribution in [2.24, 2.45) is 0 Å². The number of hydrogen-bond donors (Lipinski definition) is 2. The maximum absolute atomic E-state index is 9.30. The average Bonchev–Trinajstić information content (AvgIpc) is 2.57. The molecule has 1 aromatic heterocycles. The minimum absolute atomic E-state index is 0.237. The predicted molar refractivity (Wildman–Crippen MR) is 65.6 cm³/mol. The number of thioether (sulfide) groups is 1. The summed E-state index contributed by atoms with van der Waals surface area (Å²) in [5, 5.41) is 10.4. The van der Waals surface area contributed by atoms with Crippen molar-refractivity contribution in [3.05, 3.63) is 24.3 Å². The van der Waals surface area contributed by atoms with Crippen LogP contribution in [-0.2, 0) is 0 Å². The van der Waals surface area contributed by atoms with E-state index in [9.17, 15) is 5.11 Å². The molecule has 0 unspecified atom stereocenters. The van der Waals surface area contributed by atoms with Crippen LogP contribution in [0.25, 0.3) is 10.9 Å². The summed E-state index contributed by atoms with van der Waals surface area (Å²) in [6.45, 7) is 2.20. The quantitative estimate of drug-likeness (QED) is 0.609. The molecule has 2 nitrogen and oxygen atoms in total. The van der Waals surface area contributed by atoms with Crippen LogP contribution in [0.5, 0.6) is 5.88 Å². The van der Waals surface area contributed by atoms with Gasteiger partial charge in [0.2, 0.25) is 0 Å². The van der Waals surface area contributed by atoms with Crippen molar-refractivity contribution in [3.63, 3.8) is 0 Å². The highest BCUT2D eigenvalue weighted by atomic mass is 32.2. The number of unbranched alkanes of at least 4 members (excludes halogenated alkanes) is 1. The molecule has 3 heteroatoms. The highest BCUT2D eigenvalue weighted by Gasteiger charge is 2.00. The Balaban J connectivity index is 2.15. The summed E-state index contributed by atoms with van der Waals surface area (Å²) in [5.74, 6) is 1.40. The van der Waals surface area contributed by atoms with Gasteiger partial charge in [-0.05, 0) is 30.4 Å². The lowest BCUT2D eigenvalue weighted by Gasteiger charge is -2.00. The van der Waals surface area contributed by atoms with Gasteiger partial charge in [-0.1, -0.05) is 13.3 Å². The number of benzene rings is 1. The molecule has 0 radical (unpaired) electrons. The first-order valence-electron chi connectivity index (χ1n) is 5.24. The fourth-order valence-electron chi connectivity index (χ4n) is 1.52. The van der Waals surface area contributed by atoms with Gasteiger partial charge in [-0.25, -0.2) is 0 Å². The fourth-order valence-corrected chi connectivity index (χ4v) is 2.56. The molecule has 0 bridgehead atoms. The topological polar surface area (TPSA) is 36.0 Å². The summed E-state index contributed by atoms with van der Waals surface area (Å²) in [6, 6.07) is 7.99. The van der Waals surface area contributed by atoms with Gasteiger partial charge in [0.25, 0.3) is 0 Å². The molecule has 80 valence electrons. The molecule has 1 aromatic carbocycles. The monoisotopic (exact) mass is 221 g/mol. The molecule has 15 heavy (non-hydrogen) atoms. The average molecular weight is 221 g/mol. The molecule has 2 rings (SSSR count). The number of aromatic nitrogens is 1. The molecule has 0 saturated heterocycles. The van der Waals surface area contributed by atoms with Gasteiger partial charge in [-0.2, -0.15) is 0 Å². The van der Waals surface area contributed by atoms with E-state index in [0.29, 0.717) is 0 Å². The van der Waals surface area contributed by atoms with Crippen molar-refractivity contribution in [3.8, 4) is 5.88 Å². The van der Waals surface area contributed by atoms with Crippen molar-refractivity contribution in [1.29, 1.82) is 0 Å². The molecule has 0 aliphatic rings. The van der Waals surface area contributed by atoms with Gasteiger partial charge in [0.1, 0.15) is 0 Å². The Hall–Kier alpha value is -1.09. The normalized spacial score (nSPS) is 11.0. The minimum Gasteiger partial charge on any atom is -0.495 e. The number of rotatable bonds is 4. The number of aromatic hydroxyl groups is 1. The molecule has 2 aromatic rings. The highest BCUT2D eigenvalue weighted by molar-refractivity contribution is 7.99. The largest absolute Gasteiger partial charge is 0.495 e. The third-order valence-corrected chi connectivity index (χ3v) is 3.42. The minimum atomic E-state index is 0.237. The Labute approximate surface area is 93.7 Å². The summed E-state index contributed by atoms with van der Waals surface area (Å²) in [5.41, 5.74) is 0.993. The van der Waals surface area contributed by atoms with Gasteiger partial charge in [-0.15, -0.1) is 11.8 Å². The first-order valence-corrected chi connectivity index (χ1v) is 6.22. The zero-order chi connectivity index (χ0) is 10.7. The number of fused-ring (bicyclic) bond motifs is 1. The van der Waals surface area contributed by atoms with Crippen LogP contribution in [0, 0.1) is 0 Å². The van der Waals surface area contributed by atoms with Crippen LogP contribution in [0.1, 0.15) is 19.8 Å². The van der Waals surface area contributed by atoms with E-state index in [1.165, 1.54) is 23.5 Å². The summed E-state index contributed by atoms with van der Waals surface area (Å²) in [7, 11) is 0. The molecule has 0 atom stereocenters. The van der Waals surface area contributed by atoms with E-state index in [1.807, 2.05) is 17.8 Å². The molecule has 0 saturated carbocycles. The lowest BCUT2D eigenvalue weighted by Crippen LogP contribution is -1.78.